The van der Waals surface area contributed by atoms with Crippen molar-refractivity contribution in [3.05, 3.63) is 52.7 Å². The Bertz CT molecular complexity index is 790. The van der Waals surface area contributed by atoms with Crippen molar-refractivity contribution in [1.82, 2.24) is 10.1 Å². The van der Waals surface area contributed by atoms with Crippen molar-refractivity contribution in [2.24, 2.45) is 0 Å². The fourth-order valence-corrected chi connectivity index (χ4v) is 2.69. The number of carbonyl (C=O) groups excluding carboxylic acids is 1. The van der Waals surface area contributed by atoms with E-state index in [0.717, 1.165) is 11.3 Å². The van der Waals surface area contributed by atoms with Crippen LogP contribution in [0.1, 0.15) is 17.0 Å². The maximum absolute atomic E-state index is 12.0. The molecular formula is C16H15N3O2S. The molecule has 0 aliphatic carbocycles. The lowest BCUT2D eigenvalue weighted by Crippen LogP contribution is -2.14. The molecule has 0 saturated heterocycles. The predicted molar refractivity (Wildman–Crippen MR) is 85.9 cm³/mol. The maximum Gasteiger partial charge on any atom is 0.232 e. The summed E-state index contributed by atoms with van der Waals surface area (Å²) in [5.41, 5.74) is 3.62. The van der Waals surface area contributed by atoms with Crippen LogP contribution in [0.15, 0.2) is 40.2 Å². The zero-order chi connectivity index (χ0) is 15.5. The largest absolute Gasteiger partial charge is 0.356 e. The van der Waals surface area contributed by atoms with Gasteiger partial charge in [0, 0.05) is 17.0 Å². The molecule has 112 valence electrons. The number of amides is 1. The molecule has 0 aliphatic rings. The van der Waals surface area contributed by atoms with Gasteiger partial charge < -0.3 is 9.84 Å². The summed E-state index contributed by atoms with van der Waals surface area (Å²) >= 11 is 1.40. The number of aromatic nitrogens is 2. The molecule has 0 aliphatic heterocycles. The van der Waals surface area contributed by atoms with Gasteiger partial charge in [-0.2, -0.15) is 0 Å². The summed E-state index contributed by atoms with van der Waals surface area (Å²) in [6.07, 6.45) is 0.161. The number of thiazole rings is 1. The SMILES string of the molecule is Cc1ccc(-c2cc(CC(=O)Nc3nc(C)cs3)no2)cc1. The van der Waals surface area contributed by atoms with Crippen molar-refractivity contribution in [1.29, 1.82) is 0 Å². The van der Waals surface area contributed by atoms with Crippen molar-refractivity contribution in [2.45, 2.75) is 20.3 Å². The quantitative estimate of drug-likeness (QED) is 0.799. The zero-order valence-corrected chi connectivity index (χ0v) is 13.1. The average molecular weight is 313 g/mol. The molecule has 3 aromatic rings. The Kier molecular flexibility index (Phi) is 4.02. The molecule has 0 fully saturated rings. The smallest absolute Gasteiger partial charge is 0.232 e. The minimum absolute atomic E-state index is 0.155. The highest BCUT2D eigenvalue weighted by atomic mass is 32.1. The van der Waals surface area contributed by atoms with Crippen LogP contribution in [0.25, 0.3) is 11.3 Å². The fraction of sp³-hybridized carbons (Fsp3) is 0.188. The highest BCUT2D eigenvalue weighted by molar-refractivity contribution is 7.13. The van der Waals surface area contributed by atoms with Crippen LogP contribution in [0.5, 0.6) is 0 Å². The van der Waals surface area contributed by atoms with E-state index in [4.69, 9.17) is 4.52 Å². The van der Waals surface area contributed by atoms with Crippen molar-refractivity contribution in [2.75, 3.05) is 5.32 Å². The third kappa shape index (κ3) is 3.40. The molecule has 1 aromatic carbocycles. The van der Waals surface area contributed by atoms with E-state index in [2.05, 4.69) is 15.5 Å². The molecule has 6 heteroatoms. The number of nitrogens with one attached hydrogen (secondary N) is 1. The lowest BCUT2D eigenvalue weighted by Gasteiger charge is -1.98. The first-order valence-corrected chi connectivity index (χ1v) is 7.73. The maximum atomic E-state index is 12.0. The molecule has 22 heavy (non-hydrogen) atoms. The molecule has 0 radical (unpaired) electrons. The molecule has 0 bridgehead atoms. The summed E-state index contributed by atoms with van der Waals surface area (Å²) in [6, 6.07) is 9.75. The number of benzene rings is 1. The van der Waals surface area contributed by atoms with Crippen molar-refractivity contribution in [3.63, 3.8) is 0 Å². The van der Waals surface area contributed by atoms with Crippen LogP contribution in [-0.4, -0.2) is 16.0 Å². The molecule has 2 aromatic heterocycles. The summed E-state index contributed by atoms with van der Waals surface area (Å²) in [5, 5.41) is 9.20. The second-order valence-electron chi connectivity index (χ2n) is 5.07. The molecule has 0 saturated carbocycles. The first-order valence-electron chi connectivity index (χ1n) is 6.85. The highest BCUT2D eigenvalue weighted by Crippen LogP contribution is 2.21. The van der Waals surface area contributed by atoms with Crippen LogP contribution in [0.3, 0.4) is 0 Å². The fourth-order valence-electron chi connectivity index (χ4n) is 1.99. The Morgan fingerprint density at radius 3 is 2.73 bits per heavy atom. The van der Waals surface area contributed by atoms with Gasteiger partial charge in [-0.3, -0.25) is 4.79 Å². The van der Waals surface area contributed by atoms with E-state index in [0.29, 0.717) is 16.6 Å². The standard InChI is InChI=1S/C16H15N3O2S/c1-10-3-5-12(6-4-10)14-7-13(19-21-14)8-15(20)18-16-17-11(2)9-22-16/h3-7,9H,8H2,1-2H3,(H,17,18,20). The van der Waals surface area contributed by atoms with E-state index in [1.807, 2.05) is 43.5 Å². The lowest BCUT2D eigenvalue weighted by atomic mass is 10.1. The summed E-state index contributed by atoms with van der Waals surface area (Å²) < 4.78 is 5.30. The van der Waals surface area contributed by atoms with Gasteiger partial charge >= 0.3 is 0 Å². The van der Waals surface area contributed by atoms with Crippen molar-refractivity contribution in [3.8, 4) is 11.3 Å². The summed E-state index contributed by atoms with van der Waals surface area (Å²) in [6.45, 7) is 3.91. The minimum atomic E-state index is -0.155. The van der Waals surface area contributed by atoms with E-state index in [-0.39, 0.29) is 12.3 Å². The number of hydrogen-bond acceptors (Lipinski definition) is 5. The first kappa shape index (κ1) is 14.5. The van der Waals surface area contributed by atoms with Crippen LogP contribution >= 0.6 is 11.3 Å². The van der Waals surface area contributed by atoms with E-state index < -0.39 is 0 Å². The molecule has 2 heterocycles. The molecule has 5 nitrogen and oxygen atoms in total. The van der Waals surface area contributed by atoms with E-state index >= 15 is 0 Å². The first-order chi connectivity index (χ1) is 10.6. The van der Waals surface area contributed by atoms with Gasteiger partial charge in [0.15, 0.2) is 10.9 Å². The number of carbonyl (C=O) groups is 1. The monoisotopic (exact) mass is 313 g/mol. The van der Waals surface area contributed by atoms with E-state index in [9.17, 15) is 4.79 Å². The second kappa shape index (κ2) is 6.11. The molecular weight excluding hydrogens is 298 g/mol. The van der Waals surface area contributed by atoms with Crippen LogP contribution in [0.2, 0.25) is 0 Å². The molecule has 0 unspecified atom stereocenters. The Balaban J connectivity index is 1.66. The van der Waals surface area contributed by atoms with Crippen molar-refractivity contribution < 1.29 is 9.32 Å². The van der Waals surface area contributed by atoms with Gasteiger partial charge in [-0.1, -0.05) is 35.0 Å². The van der Waals surface area contributed by atoms with Gasteiger partial charge in [-0.25, -0.2) is 4.98 Å². The van der Waals surface area contributed by atoms with Gasteiger partial charge in [-0.15, -0.1) is 11.3 Å². The van der Waals surface area contributed by atoms with Gasteiger partial charge in [0.05, 0.1) is 17.8 Å². The summed E-state index contributed by atoms with van der Waals surface area (Å²) in [4.78, 5) is 16.2. The number of hydrogen-bond donors (Lipinski definition) is 1. The van der Waals surface area contributed by atoms with Gasteiger partial charge in [0.2, 0.25) is 5.91 Å². The number of anilines is 1. The normalized spacial score (nSPS) is 10.6. The van der Waals surface area contributed by atoms with Gasteiger partial charge in [0.1, 0.15) is 0 Å². The average Bonchev–Trinajstić information content (AvgIpc) is 3.09. The van der Waals surface area contributed by atoms with Crippen LogP contribution in [-0.2, 0) is 11.2 Å². The third-order valence-electron chi connectivity index (χ3n) is 3.10. The third-order valence-corrected chi connectivity index (χ3v) is 3.98. The number of rotatable bonds is 4. The predicted octanol–water partition coefficient (Wildman–Crippen LogP) is 3.60. The van der Waals surface area contributed by atoms with E-state index in [1.165, 1.54) is 16.9 Å². The molecule has 1 N–H and O–H groups in total. The summed E-state index contributed by atoms with van der Waals surface area (Å²) in [7, 11) is 0. The van der Waals surface area contributed by atoms with Crippen molar-refractivity contribution >= 4 is 22.4 Å². The second-order valence-corrected chi connectivity index (χ2v) is 5.93. The molecule has 0 spiro atoms. The van der Waals surface area contributed by atoms with Gasteiger partial charge in [0.25, 0.3) is 0 Å². The highest BCUT2D eigenvalue weighted by Gasteiger charge is 2.12. The number of aryl methyl sites for hydroxylation is 2. The number of nitrogens with zero attached hydrogens (tertiary/aromatic N) is 2. The lowest BCUT2D eigenvalue weighted by molar-refractivity contribution is -0.115. The van der Waals surface area contributed by atoms with Crippen LogP contribution < -0.4 is 5.32 Å². The summed E-state index contributed by atoms with van der Waals surface area (Å²) in [5.74, 6) is 0.506. The molecule has 1 amide bonds. The molecule has 0 atom stereocenters. The minimum Gasteiger partial charge on any atom is -0.356 e. The Morgan fingerprint density at radius 1 is 1.27 bits per heavy atom. The Hall–Kier alpha value is -2.47. The van der Waals surface area contributed by atoms with Crippen LogP contribution in [0.4, 0.5) is 5.13 Å². The Labute approximate surface area is 132 Å². The van der Waals surface area contributed by atoms with Gasteiger partial charge in [-0.05, 0) is 13.8 Å². The Morgan fingerprint density at radius 2 is 2.05 bits per heavy atom. The zero-order valence-electron chi connectivity index (χ0n) is 12.3. The van der Waals surface area contributed by atoms with Crippen LogP contribution in [0, 0.1) is 13.8 Å². The molecule has 3 rings (SSSR count). The van der Waals surface area contributed by atoms with E-state index in [1.54, 1.807) is 6.07 Å². The topological polar surface area (TPSA) is 68.0 Å².